The summed E-state index contributed by atoms with van der Waals surface area (Å²) in [6.45, 7) is 2.64. The predicted octanol–water partition coefficient (Wildman–Crippen LogP) is 1.54. The Morgan fingerprint density at radius 2 is 1.83 bits per heavy atom. The SMILES string of the molecule is CCCCCN[C@@H]1CS(=O)(=O)C[C@H]1S(=O)(=O)c1ccc(F)cc1. The summed E-state index contributed by atoms with van der Waals surface area (Å²) in [6, 6.07) is 3.89. The third kappa shape index (κ3) is 4.51. The lowest BCUT2D eigenvalue weighted by Crippen LogP contribution is -2.43. The van der Waals surface area contributed by atoms with Crippen LogP contribution in [0.3, 0.4) is 0 Å². The second-order valence-corrected chi connectivity index (χ2v) is 10.2. The molecule has 0 spiro atoms. The highest BCUT2D eigenvalue weighted by Crippen LogP contribution is 2.26. The minimum atomic E-state index is -3.83. The fourth-order valence-electron chi connectivity index (χ4n) is 2.77. The van der Waals surface area contributed by atoms with Crippen LogP contribution < -0.4 is 5.32 Å². The molecular weight excluding hydrogens is 341 g/mol. The van der Waals surface area contributed by atoms with E-state index >= 15 is 0 Å². The average molecular weight is 363 g/mol. The van der Waals surface area contributed by atoms with Crippen molar-refractivity contribution >= 4 is 19.7 Å². The third-order valence-electron chi connectivity index (χ3n) is 4.03. The van der Waals surface area contributed by atoms with Crippen LogP contribution in [-0.4, -0.2) is 46.2 Å². The average Bonchev–Trinajstić information content (AvgIpc) is 2.80. The van der Waals surface area contributed by atoms with E-state index in [1.54, 1.807) is 0 Å². The minimum absolute atomic E-state index is 0.0404. The Morgan fingerprint density at radius 1 is 1.17 bits per heavy atom. The van der Waals surface area contributed by atoms with Crippen LogP contribution in [0.4, 0.5) is 4.39 Å². The van der Waals surface area contributed by atoms with Crippen LogP contribution in [0.2, 0.25) is 0 Å². The summed E-state index contributed by atoms with van der Waals surface area (Å²) in [5.41, 5.74) is 0. The molecule has 0 unspecified atom stereocenters. The van der Waals surface area contributed by atoms with Gasteiger partial charge in [-0.3, -0.25) is 0 Å². The fourth-order valence-corrected chi connectivity index (χ4v) is 7.49. The maximum atomic E-state index is 13.0. The second kappa shape index (κ2) is 7.27. The number of sulfone groups is 2. The number of nitrogens with one attached hydrogen (secondary N) is 1. The van der Waals surface area contributed by atoms with Gasteiger partial charge in [0.05, 0.1) is 21.7 Å². The predicted molar refractivity (Wildman–Crippen MR) is 87.3 cm³/mol. The van der Waals surface area contributed by atoms with Crippen molar-refractivity contribution in [2.24, 2.45) is 0 Å². The van der Waals surface area contributed by atoms with Crippen LogP contribution in [-0.2, 0) is 19.7 Å². The summed E-state index contributed by atoms with van der Waals surface area (Å²) in [5.74, 6) is -1.10. The third-order valence-corrected chi connectivity index (χ3v) is 8.19. The zero-order chi connectivity index (χ0) is 17.1. The summed E-state index contributed by atoms with van der Waals surface area (Å²) in [7, 11) is -7.23. The van der Waals surface area contributed by atoms with Crippen molar-refractivity contribution in [3.63, 3.8) is 0 Å². The van der Waals surface area contributed by atoms with Gasteiger partial charge in [0.25, 0.3) is 0 Å². The number of hydrogen-bond donors (Lipinski definition) is 1. The lowest BCUT2D eigenvalue weighted by atomic mass is 10.2. The lowest BCUT2D eigenvalue weighted by molar-refractivity contribution is 0.513. The Morgan fingerprint density at radius 3 is 2.43 bits per heavy atom. The number of unbranched alkanes of at least 4 members (excludes halogenated alkanes) is 2. The van der Waals surface area contributed by atoms with E-state index in [0.29, 0.717) is 6.54 Å². The molecular formula is C15H22FNO4S2. The molecule has 1 aromatic rings. The molecule has 2 rings (SSSR count). The van der Waals surface area contributed by atoms with Gasteiger partial charge in [0.2, 0.25) is 0 Å². The van der Waals surface area contributed by atoms with E-state index in [2.05, 4.69) is 12.2 Å². The van der Waals surface area contributed by atoms with Crippen LogP contribution in [0, 0.1) is 5.82 Å². The molecule has 0 amide bonds. The van der Waals surface area contributed by atoms with Gasteiger partial charge in [0, 0.05) is 6.04 Å². The van der Waals surface area contributed by atoms with Crippen molar-refractivity contribution < 1.29 is 21.2 Å². The largest absolute Gasteiger partial charge is 0.312 e. The van der Waals surface area contributed by atoms with Gasteiger partial charge in [0.1, 0.15) is 5.82 Å². The van der Waals surface area contributed by atoms with Crippen LogP contribution in [0.25, 0.3) is 0 Å². The lowest BCUT2D eigenvalue weighted by Gasteiger charge is -2.20. The summed E-state index contributed by atoms with van der Waals surface area (Å²) in [6.07, 6.45) is 2.90. The van der Waals surface area contributed by atoms with Crippen molar-refractivity contribution in [3.8, 4) is 0 Å². The first kappa shape index (κ1) is 18.4. The molecule has 1 aliphatic rings. The Bertz CT molecular complexity index is 729. The molecule has 0 saturated carbocycles. The minimum Gasteiger partial charge on any atom is -0.312 e. The summed E-state index contributed by atoms with van der Waals surface area (Å²) in [5, 5.41) is 2.05. The number of benzene rings is 1. The highest BCUT2D eigenvalue weighted by molar-refractivity contribution is 7.96. The topological polar surface area (TPSA) is 80.3 Å². The van der Waals surface area contributed by atoms with Crippen molar-refractivity contribution in [1.82, 2.24) is 5.32 Å². The standard InChI is InChI=1S/C15H22FNO4S2/c1-2-3-4-9-17-14-10-22(18,19)11-15(14)23(20,21)13-7-5-12(16)6-8-13/h5-8,14-15,17H,2-4,9-11H2,1H3/t14-,15-/m1/s1. The Labute approximate surface area is 137 Å². The van der Waals surface area contributed by atoms with E-state index in [-0.39, 0.29) is 10.6 Å². The summed E-state index contributed by atoms with van der Waals surface area (Å²) in [4.78, 5) is -0.0404. The molecule has 1 aromatic carbocycles. The fraction of sp³-hybridized carbons (Fsp3) is 0.600. The van der Waals surface area contributed by atoms with Gasteiger partial charge in [-0.05, 0) is 37.2 Å². The van der Waals surface area contributed by atoms with Crippen molar-refractivity contribution in [3.05, 3.63) is 30.1 Å². The molecule has 1 heterocycles. The molecule has 2 atom stereocenters. The van der Waals surface area contributed by atoms with E-state index in [1.165, 1.54) is 12.1 Å². The number of halogens is 1. The van der Waals surface area contributed by atoms with E-state index in [9.17, 15) is 21.2 Å². The highest BCUT2D eigenvalue weighted by Gasteiger charge is 2.45. The molecule has 1 saturated heterocycles. The molecule has 1 fully saturated rings. The van der Waals surface area contributed by atoms with Gasteiger partial charge < -0.3 is 5.32 Å². The van der Waals surface area contributed by atoms with Crippen LogP contribution in [0.15, 0.2) is 29.2 Å². The number of rotatable bonds is 7. The molecule has 0 bridgehead atoms. The van der Waals surface area contributed by atoms with Crippen LogP contribution in [0.1, 0.15) is 26.2 Å². The van der Waals surface area contributed by atoms with Gasteiger partial charge in [-0.1, -0.05) is 19.8 Å². The molecule has 0 aromatic heterocycles. The summed E-state index contributed by atoms with van der Waals surface area (Å²) < 4.78 is 62.2. The zero-order valence-electron chi connectivity index (χ0n) is 13.0. The smallest absolute Gasteiger partial charge is 0.183 e. The second-order valence-electron chi connectivity index (χ2n) is 5.88. The maximum absolute atomic E-state index is 13.0. The van der Waals surface area contributed by atoms with Gasteiger partial charge in [0.15, 0.2) is 19.7 Å². The summed E-state index contributed by atoms with van der Waals surface area (Å²) >= 11 is 0. The highest BCUT2D eigenvalue weighted by atomic mass is 32.2. The molecule has 0 radical (unpaired) electrons. The molecule has 0 aliphatic carbocycles. The zero-order valence-corrected chi connectivity index (χ0v) is 14.7. The van der Waals surface area contributed by atoms with Gasteiger partial charge in [-0.2, -0.15) is 0 Å². The van der Waals surface area contributed by atoms with E-state index in [1.807, 2.05) is 0 Å². The monoisotopic (exact) mass is 363 g/mol. The van der Waals surface area contributed by atoms with Gasteiger partial charge in [-0.15, -0.1) is 0 Å². The Hall–Kier alpha value is -0.990. The van der Waals surface area contributed by atoms with Gasteiger partial charge >= 0.3 is 0 Å². The van der Waals surface area contributed by atoms with Crippen LogP contribution >= 0.6 is 0 Å². The van der Waals surface area contributed by atoms with Crippen molar-refractivity contribution in [2.75, 3.05) is 18.1 Å². The first-order valence-corrected chi connectivity index (χ1v) is 11.1. The Kier molecular flexibility index (Phi) is 5.80. The first-order valence-electron chi connectivity index (χ1n) is 7.69. The molecule has 1 aliphatic heterocycles. The molecule has 130 valence electrons. The van der Waals surface area contributed by atoms with Crippen LogP contribution in [0.5, 0.6) is 0 Å². The molecule has 1 N–H and O–H groups in total. The molecule has 5 nitrogen and oxygen atoms in total. The van der Waals surface area contributed by atoms with E-state index < -0.39 is 42.5 Å². The van der Waals surface area contributed by atoms with Gasteiger partial charge in [-0.25, -0.2) is 21.2 Å². The van der Waals surface area contributed by atoms with Crippen molar-refractivity contribution in [1.29, 1.82) is 0 Å². The molecule has 23 heavy (non-hydrogen) atoms. The first-order chi connectivity index (χ1) is 10.8. The quantitative estimate of drug-likeness (QED) is 0.587. The maximum Gasteiger partial charge on any atom is 0.183 e. The normalized spacial score (nSPS) is 23.9. The van der Waals surface area contributed by atoms with E-state index in [4.69, 9.17) is 0 Å². The molecule has 8 heteroatoms. The Balaban J connectivity index is 2.21. The van der Waals surface area contributed by atoms with Crippen molar-refractivity contribution in [2.45, 2.75) is 42.4 Å². The number of hydrogen-bond acceptors (Lipinski definition) is 5. The van der Waals surface area contributed by atoms with E-state index in [0.717, 1.165) is 31.4 Å².